The maximum atomic E-state index is 6.01. The second-order valence-electron chi connectivity index (χ2n) is 4.44. The fourth-order valence-electron chi connectivity index (χ4n) is 1.62. The minimum atomic E-state index is 0.165. The van der Waals surface area contributed by atoms with Gasteiger partial charge >= 0.3 is 0 Å². The van der Waals surface area contributed by atoms with Crippen molar-refractivity contribution in [2.45, 2.75) is 32.9 Å². The van der Waals surface area contributed by atoms with Gasteiger partial charge in [0, 0.05) is 30.8 Å². The van der Waals surface area contributed by atoms with E-state index in [1.165, 1.54) is 0 Å². The first-order valence-corrected chi connectivity index (χ1v) is 6.66. The van der Waals surface area contributed by atoms with Crippen molar-refractivity contribution in [1.29, 1.82) is 0 Å². The van der Waals surface area contributed by atoms with Gasteiger partial charge in [-0.05, 0) is 45.0 Å². The molecule has 0 unspecified atom stereocenters. The molecule has 0 saturated heterocycles. The van der Waals surface area contributed by atoms with E-state index < -0.39 is 0 Å². The van der Waals surface area contributed by atoms with Gasteiger partial charge in [0.1, 0.15) is 5.75 Å². The molecule has 3 nitrogen and oxygen atoms in total. The third-order valence-corrected chi connectivity index (χ3v) is 2.64. The Balaban J connectivity index is 2.53. The molecule has 1 N–H and O–H groups in total. The van der Waals surface area contributed by atoms with Crippen LogP contribution in [0.1, 0.15) is 25.8 Å². The van der Waals surface area contributed by atoms with Crippen molar-refractivity contribution >= 4 is 11.6 Å². The number of nitrogens with one attached hydrogen (secondary N) is 1. The molecule has 0 aliphatic rings. The molecule has 1 rings (SSSR count). The number of hydrogen-bond donors (Lipinski definition) is 1. The fraction of sp³-hybridized carbons (Fsp3) is 0.571. The molecule has 0 aliphatic heterocycles. The van der Waals surface area contributed by atoms with Gasteiger partial charge in [-0.25, -0.2) is 0 Å². The van der Waals surface area contributed by atoms with E-state index >= 15 is 0 Å². The van der Waals surface area contributed by atoms with Gasteiger partial charge in [0.2, 0.25) is 0 Å². The molecule has 18 heavy (non-hydrogen) atoms. The predicted molar refractivity (Wildman–Crippen MR) is 75.4 cm³/mol. The average Bonchev–Trinajstić information content (AvgIpc) is 2.31. The van der Waals surface area contributed by atoms with Crippen LogP contribution in [-0.2, 0) is 11.3 Å². The lowest BCUT2D eigenvalue weighted by Gasteiger charge is -2.15. The highest BCUT2D eigenvalue weighted by Crippen LogP contribution is 2.23. The number of ether oxygens (including phenoxy) is 2. The first-order valence-electron chi connectivity index (χ1n) is 6.28. The first kappa shape index (κ1) is 15.3. The lowest BCUT2D eigenvalue weighted by molar-refractivity contribution is 0.194. The highest BCUT2D eigenvalue weighted by Gasteiger charge is 2.06. The van der Waals surface area contributed by atoms with Crippen molar-refractivity contribution in [3.8, 4) is 5.75 Å². The summed E-state index contributed by atoms with van der Waals surface area (Å²) < 4.78 is 10.8. The van der Waals surface area contributed by atoms with Crippen molar-refractivity contribution in [3.05, 3.63) is 28.8 Å². The van der Waals surface area contributed by atoms with Gasteiger partial charge in [0.25, 0.3) is 0 Å². The minimum Gasteiger partial charge on any atom is -0.491 e. The van der Waals surface area contributed by atoms with Crippen LogP contribution in [-0.4, -0.2) is 26.4 Å². The molecule has 0 amide bonds. The molecule has 0 atom stereocenters. The summed E-state index contributed by atoms with van der Waals surface area (Å²) >= 11 is 6.01. The van der Waals surface area contributed by atoms with Gasteiger partial charge in [-0.15, -0.1) is 0 Å². The smallest absolute Gasteiger partial charge is 0.124 e. The molecule has 0 heterocycles. The summed E-state index contributed by atoms with van der Waals surface area (Å²) in [5.41, 5.74) is 1.09. The second-order valence-corrected chi connectivity index (χ2v) is 4.88. The zero-order valence-corrected chi connectivity index (χ0v) is 12.1. The molecule has 0 aliphatic carbocycles. The van der Waals surface area contributed by atoms with E-state index in [2.05, 4.69) is 5.32 Å². The number of hydrogen-bond acceptors (Lipinski definition) is 3. The van der Waals surface area contributed by atoms with Gasteiger partial charge < -0.3 is 14.8 Å². The van der Waals surface area contributed by atoms with Crippen LogP contribution in [0.5, 0.6) is 5.75 Å². The van der Waals surface area contributed by atoms with Crippen molar-refractivity contribution in [2.75, 3.05) is 20.3 Å². The standard InChI is InChI=1S/C14H22ClNO2/c1-11(2)18-14-6-5-13(15)9-12(14)10-16-7-4-8-17-3/h5-6,9,11,16H,4,7-8,10H2,1-3H3. The molecule has 4 heteroatoms. The molecule has 0 saturated carbocycles. The summed E-state index contributed by atoms with van der Waals surface area (Å²) in [5, 5.41) is 4.09. The largest absolute Gasteiger partial charge is 0.491 e. The van der Waals surface area contributed by atoms with Crippen LogP contribution in [0, 0.1) is 0 Å². The summed E-state index contributed by atoms with van der Waals surface area (Å²) in [6.07, 6.45) is 1.16. The van der Waals surface area contributed by atoms with Crippen LogP contribution in [0.4, 0.5) is 0 Å². The van der Waals surface area contributed by atoms with Crippen LogP contribution < -0.4 is 10.1 Å². The molecule has 1 aromatic rings. The highest BCUT2D eigenvalue weighted by atomic mass is 35.5. The lowest BCUT2D eigenvalue weighted by atomic mass is 10.2. The third kappa shape index (κ3) is 5.71. The van der Waals surface area contributed by atoms with Gasteiger partial charge in [0.05, 0.1) is 6.10 Å². The number of benzene rings is 1. The Hall–Kier alpha value is -0.770. The second kappa shape index (κ2) is 8.35. The minimum absolute atomic E-state index is 0.165. The molecule has 102 valence electrons. The SMILES string of the molecule is COCCCNCc1cc(Cl)ccc1OC(C)C. The van der Waals surface area contributed by atoms with E-state index in [4.69, 9.17) is 21.1 Å². The number of methoxy groups -OCH3 is 1. The summed E-state index contributed by atoms with van der Waals surface area (Å²) in [5.74, 6) is 0.897. The normalized spacial score (nSPS) is 10.9. The monoisotopic (exact) mass is 271 g/mol. The summed E-state index contributed by atoms with van der Waals surface area (Å²) in [4.78, 5) is 0. The van der Waals surface area contributed by atoms with Crippen LogP contribution in [0.3, 0.4) is 0 Å². The van der Waals surface area contributed by atoms with Crippen LogP contribution >= 0.6 is 11.6 Å². The van der Waals surface area contributed by atoms with Gasteiger partial charge in [-0.1, -0.05) is 11.6 Å². The van der Waals surface area contributed by atoms with E-state index in [-0.39, 0.29) is 6.10 Å². The first-order chi connectivity index (χ1) is 8.63. The van der Waals surface area contributed by atoms with Gasteiger partial charge in [-0.3, -0.25) is 0 Å². The quantitative estimate of drug-likeness (QED) is 0.736. The zero-order chi connectivity index (χ0) is 13.4. The van der Waals surface area contributed by atoms with Crippen molar-refractivity contribution in [1.82, 2.24) is 5.32 Å². The molecule has 0 spiro atoms. The maximum Gasteiger partial charge on any atom is 0.124 e. The van der Waals surface area contributed by atoms with Gasteiger partial charge in [-0.2, -0.15) is 0 Å². The topological polar surface area (TPSA) is 30.5 Å². The average molecular weight is 272 g/mol. The Bertz CT molecular complexity index is 356. The fourth-order valence-corrected chi connectivity index (χ4v) is 1.81. The summed E-state index contributed by atoms with van der Waals surface area (Å²) in [6.45, 7) is 6.49. The van der Waals surface area contributed by atoms with Gasteiger partial charge in [0.15, 0.2) is 0 Å². The predicted octanol–water partition coefficient (Wildman–Crippen LogP) is 3.25. The Morgan fingerprint density at radius 1 is 1.33 bits per heavy atom. The molecule has 1 aromatic carbocycles. The summed E-state index contributed by atoms with van der Waals surface area (Å²) in [7, 11) is 1.71. The highest BCUT2D eigenvalue weighted by molar-refractivity contribution is 6.30. The van der Waals surface area contributed by atoms with Crippen molar-refractivity contribution in [3.63, 3.8) is 0 Å². The van der Waals surface area contributed by atoms with Crippen LogP contribution in [0.15, 0.2) is 18.2 Å². The van der Waals surface area contributed by atoms with E-state index in [1.807, 2.05) is 32.0 Å². The molecular weight excluding hydrogens is 250 g/mol. The number of rotatable bonds is 8. The van der Waals surface area contributed by atoms with E-state index in [0.29, 0.717) is 0 Å². The Labute approximate surface area is 114 Å². The third-order valence-electron chi connectivity index (χ3n) is 2.40. The zero-order valence-electron chi connectivity index (χ0n) is 11.3. The Morgan fingerprint density at radius 3 is 2.78 bits per heavy atom. The van der Waals surface area contributed by atoms with Crippen LogP contribution in [0.2, 0.25) is 5.02 Å². The summed E-state index contributed by atoms with van der Waals surface area (Å²) in [6, 6.07) is 5.73. The molecule has 0 bridgehead atoms. The Kier molecular flexibility index (Phi) is 7.09. The molecule has 0 fully saturated rings. The molecular formula is C14H22ClNO2. The Morgan fingerprint density at radius 2 is 2.11 bits per heavy atom. The van der Waals surface area contributed by atoms with E-state index in [1.54, 1.807) is 7.11 Å². The van der Waals surface area contributed by atoms with Crippen molar-refractivity contribution < 1.29 is 9.47 Å². The van der Waals surface area contributed by atoms with E-state index in [0.717, 1.165) is 42.5 Å². The van der Waals surface area contributed by atoms with E-state index in [9.17, 15) is 0 Å². The number of halogens is 1. The molecule has 0 aromatic heterocycles. The maximum absolute atomic E-state index is 6.01. The van der Waals surface area contributed by atoms with Crippen LogP contribution in [0.25, 0.3) is 0 Å². The lowest BCUT2D eigenvalue weighted by Crippen LogP contribution is -2.17. The molecule has 0 radical (unpaired) electrons. The van der Waals surface area contributed by atoms with Crippen molar-refractivity contribution in [2.24, 2.45) is 0 Å².